The highest BCUT2D eigenvalue weighted by molar-refractivity contribution is 5.73. The number of aliphatic hydroxyl groups excluding tert-OH is 1. The maximum Gasteiger partial charge on any atom is 0.314 e. The normalized spacial score (nSPS) is 14.7. The number of hydrogen-bond donors (Lipinski definition) is 3. The van der Waals surface area contributed by atoms with E-state index < -0.39 is 0 Å². The zero-order chi connectivity index (χ0) is 15.9. The SMILES string of the molecule is C[C@@H](CO)CNC(=O)NCCc1cc(F)cc2c1OCOC2. The van der Waals surface area contributed by atoms with Gasteiger partial charge in [0.2, 0.25) is 0 Å². The maximum atomic E-state index is 13.6. The van der Waals surface area contributed by atoms with E-state index in [0.717, 1.165) is 0 Å². The van der Waals surface area contributed by atoms with Crippen molar-refractivity contribution >= 4 is 6.03 Å². The first-order valence-corrected chi connectivity index (χ1v) is 7.24. The van der Waals surface area contributed by atoms with E-state index in [4.69, 9.17) is 14.6 Å². The molecule has 3 N–H and O–H groups in total. The van der Waals surface area contributed by atoms with E-state index in [0.29, 0.717) is 43.0 Å². The van der Waals surface area contributed by atoms with Gasteiger partial charge in [-0.3, -0.25) is 0 Å². The van der Waals surface area contributed by atoms with Crippen LogP contribution in [0.25, 0.3) is 0 Å². The Morgan fingerprint density at radius 1 is 1.45 bits per heavy atom. The quantitative estimate of drug-likeness (QED) is 0.736. The minimum absolute atomic E-state index is 0.00869. The van der Waals surface area contributed by atoms with Crippen molar-refractivity contribution in [3.63, 3.8) is 0 Å². The number of ether oxygens (including phenoxy) is 2. The molecule has 0 aromatic heterocycles. The Kier molecular flexibility index (Phi) is 5.97. The summed E-state index contributed by atoms with van der Waals surface area (Å²) in [5.41, 5.74) is 1.39. The van der Waals surface area contributed by atoms with Gasteiger partial charge in [0.05, 0.1) is 6.61 Å². The van der Waals surface area contributed by atoms with Gasteiger partial charge in [-0.25, -0.2) is 9.18 Å². The molecule has 0 aliphatic carbocycles. The first kappa shape index (κ1) is 16.5. The van der Waals surface area contributed by atoms with Gasteiger partial charge >= 0.3 is 6.03 Å². The highest BCUT2D eigenvalue weighted by atomic mass is 19.1. The number of amides is 2. The van der Waals surface area contributed by atoms with Crippen LogP contribution < -0.4 is 15.4 Å². The van der Waals surface area contributed by atoms with Gasteiger partial charge in [-0.1, -0.05) is 6.92 Å². The lowest BCUT2D eigenvalue weighted by Crippen LogP contribution is -2.39. The van der Waals surface area contributed by atoms with Gasteiger partial charge in [0.25, 0.3) is 0 Å². The molecule has 0 saturated heterocycles. The Hall–Kier alpha value is -1.86. The molecule has 0 fully saturated rings. The second-order valence-corrected chi connectivity index (χ2v) is 5.34. The average molecular weight is 312 g/mol. The number of benzene rings is 1. The third-order valence-corrected chi connectivity index (χ3v) is 3.35. The number of halogens is 1. The van der Waals surface area contributed by atoms with E-state index in [1.54, 1.807) is 0 Å². The van der Waals surface area contributed by atoms with Crippen molar-refractivity contribution in [2.75, 3.05) is 26.5 Å². The van der Waals surface area contributed by atoms with Crippen LogP contribution >= 0.6 is 0 Å². The highest BCUT2D eigenvalue weighted by Gasteiger charge is 2.16. The molecule has 0 radical (unpaired) electrons. The van der Waals surface area contributed by atoms with Crippen LogP contribution in [-0.2, 0) is 17.8 Å². The summed E-state index contributed by atoms with van der Waals surface area (Å²) in [6.07, 6.45) is 0.461. The smallest absolute Gasteiger partial charge is 0.314 e. The second kappa shape index (κ2) is 7.95. The predicted octanol–water partition coefficient (Wildman–Crippen LogP) is 1.16. The monoisotopic (exact) mass is 312 g/mol. The molecular weight excluding hydrogens is 291 g/mol. The number of carbonyl (C=O) groups is 1. The summed E-state index contributed by atoms with van der Waals surface area (Å²) in [4.78, 5) is 11.6. The molecule has 22 heavy (non-hydrogen) atoms. The Bertz CT molecular complexity index is 525. The van der Waals surface area contributed by atoms with Gasteiger partial charge in [-0.15, -0.1) is 0 Å². The van der Waals surface area contributed by atoms with Crippen molar-refractivity contribution < 1.29 is 23.8 Å². The average Bonchev–Trinajstić information content (AvgIpc) is 2.52. The van der Waals surface area contributed by atoms with E-state index >= 15 is 0 Å². The number of hydrogen-bond acceptors (Lipinski definition) is 4. The summed E-state index contributed by atoms with van der Waals surface area (Å²) in [5, 5.41) is 14.2. The van der Waals surface area contributed by atoms with Crippen LogP contribution in [0.1, 0.15) is 18.1 Å². The fraction of sp³-hybridized carbons (Fsp3) is 0.533. The van der Waals surface area contributed by atoms with Crippen molar-refractivity contribution in [3.8, 4) is 5.75 Å². The molecule has 0 saturated carbocycles. The topological polar surface area (TPSA) is 79.8 Å². The standard InChI is InChI=1S/C15H21FN2O4/c1-10(7-19)6-18-15(20)17-3-2-11-4-13(16)5-12-8-21-9-22-14(11)12/h4-5,10,19H,2-3,6-9H2,1H3,(H2,17,18,20)/t10-/m1/s1. The van der Waals surface area contributed by atoms with E-state index in [1.165, 1.54) is 12.1 Å². The molecular formula is C15H21FN2O4. The van der Waals surface area contributed by atoms with Crippen LogP contribution in [0, 0.1) is 11.7 Å². The number of carbonyl (C=O) groups excluding carboxylic acids is 1. The minimum Gasteiger partial charge on any atom is -0.467 e. The zero-order valence-corrected chi connectivity index (χ0v) is 12.5. The summed E-state index contributed by atoms with van der Waals surface area (Å²) in [5.74, 6) is 0.308. The Labute approximate surface area is 128 Å². The molecule has 1 aliphatic heterocycles. The maximum absolute atomic E-state index is 13.6. The van der Waals surface area contributed by atoms with E-state index in [9.17, 15) is 9.18 Å². The van der Waals surface area contributed by atoms with Crippen molar-refractivity contribution in [1.82, 2.24) is 10.6 Å². The van der Waals surface area contributed by atoms with Crippen LogP contribution in [-0.4, -0.2) is 37.6 Å². The molecule has 1 aromatic carbocycles. The molecule has 1 aromatic rings. The molecule has 0 bridgehead atoms. The van der Waals surface area contributed by atoms with E-state index in [1.807, 2.05) is 6.92 Å². The minimum atomic E-state index is -0.343. The van der Waals surface area contributed by atoms with Crippen molar-refractivity contribution in [3.05, 3.63) is 29.1 Å². The molecule has 122 valence electrons. The van der Waals surface area contributed by atoms with E-state index in [2.05, 4.69) is 10.6 Å². The van der Waals surface area contributed by atoms with Crippen molar-refractivity contribution in [2.24, 2.45) is 5.92 Å². The summed E-state index contributed by atoms with van der Waals surface area (Å²) in [6.45, 7) is 3.09. The number of urea groups is 1. The molecule has 2 rings (SSSR count). The Morgan fingerprint density at radius 2 is 2.27 bits per heavy atom. The van der Waals surface area contributed by atoms with Crippen molar-refractivity contribution in [1.29, 1.82) is 0 Å². The molecule has 7 heteroatoms. The van der Waals surface area contributed by atoms with Gasteiger partial charge in [-0.05, 0) is 30.0 Å². The summed E-state index contributed by atoms with van der Waals surface area (Å²) >= 11 is 0. The first-order chi connectivity index (χ1) is 10.6. The molecule has 0 spiro atoms. The number of fused-ring (bicyclic) bond motifs is 1. The Balaban J connectivity index is 1.84. The number of rotatable bonds is 6. The van der Waals surface area contributed by atoms with Crippen LogP contribution in [0.2, 0.25) is 0 Å². The predicted molar refractivity (Wildman–Crippen MR) is 78.0 cm³/mol. The van der Waals surface area contributed by atoms with Gasteiger partial charge in [0.15, 0.2) is 6.79 Å². The lowest BCUT2D eigenvalue weighted by atomic mass is 10.1. The lowest BCUT2D eigenvalue weighted by molar-refractivity contribution is -0.0172. The van der Waals surface area contributed by atoms with Gasteiger partial charge in [0, 0.05) is 25.3 Å². The van der Waals surface area contributed by atoms with Gasteiger partial charge in [0.1, 0.15) is 11.6 Å². The summed E-state index contributed by atoms with van der Waals surface area (Å²) in [7, 11) is 0. The highest BCUT2D eigenvalue weighted by Crippen LogP contribution is 2.29. The summed E-state index contributed by atoms with van der Waals surface area (Å²) < 4.78 is 24.1. The van der Waals surface area contributed by atoms with E-state index in [-0.39, 0.29) is 31.2 Å². The lowest BCUT2D eigenvalue weighted by Gasteiger charge is -2.21. The molecule has 1 aliphatic rings. The fourth-order valence-electron chi connectivity index (χ4n) is 2.15. The fourth-order valence-corrected chi connectivity index (χ4v) is 2.15. The number of nitrogens with one attached hydrogen (secondary N) is 2. The van der Waals surface area contributed by atoms with Crippen LogP contribution in [0.5, 0.6) is 5.75 Å². The largest absolute Gasteiger partial charge is 0.467 e. The Morgan fingerprint density at radius 3 is 3.05 bits per heavy atom. The van der Waals surface area contributed by atoms with Gasteiger partial charge in [-0.2, -0.15) is 0 Å². The third-order valence-electron chi connectivity index (χ3n) is 3.35. The van der Waals surface area contributed by atoms with Gasteiger partial charge < -0.3 is 25.2 Å². The zero-order valence-electron chi connectivity index (χ0n) is 12.5. The first-order valence-electron chi connectivity index (χ1n) is 7.24. The summed E-state index contributed by atoms with van der Waals surface area (Å²) in [6, 6.07) is 2.50. The third kappa shape index (κ3) is 4.57. The molecule has 2 amide bonds. The van der Waals surface area contributed by atoms with Crippen LogP contribution in [0.3, 0.4) is 0 Å². The second-order valence-electron chi connectivity index (χ2n) is 5.34. The van der Waals surface area contributed by atoms with Crippen LogP contribution in [0.4, 0.5) is 9.18 Å². The molecule has 6 nitrogen and oxygen atoms in total. The molecule has 1 atom stereocenters. The molecule has 1 heterocycles. The number of aliphatic hydroxyl groups is 1. The molecule has 0 unspecified atom stereocenters. The van der Waals surface area contributed by atoms with Crippen molar-refractivity contribution in [2.45, 2.75) is 20.0 Å². The van der Waals surface area contributed by atoms with Crippen LogP contribution in [0.15, 0.2) is 12.1 Å².